The van der Waals surface area contributed by atoms with Gasteiger partial charge in [-0.05, 0) is 36.4 Å². The van der Waals surface area contributed by atoms with Crippen molar-refractivity contribution < 1.29 is 13.2 Å². The van der Waals surface area contributed by atoms with Crippen LogP contribution in [0.1, 0.15) is 0 Å². The van der Waals surface area contributed by atoms with Gasteiger partial charge in [-0.2, -0.15) is 4.31 Å². The van der Waals surface area contributed by atoms with Crippen LogP contribution < -0.4 is 15.0 Å². The van der Waals surface area contributed by atoms with E-state index in [0.29, 0.717) is 32.0 Å². The first-order valence-electron chi connectivity index (χ1n) is 9.82. The summed E-state index contributed by atoms with van der Waals surface area (Å²) >= 11 is 0. The molecule has 1 aliphatic rings. The monoisotopic (exact) mass is 440 g/mol. The molecule has 1 fully saturated rings. The second-order valence-electron chi connectivity index (χ2n) is 7.20. The number of methoxy groups -OCH3 is 1. The van der Waals surface area contributed by atoms with E-state index in [2.05, 4.69) is 25.2 Å². The Kier molecular flexibility index (Phi) is 6.01. The molecule has 4 rings (SSSR count). The van der Waals surface area contributed by atoms with Crippen LogP contribution in [-0.4, -0.2) is 67.2 Å². The van der Waals surface area contributed by atoms with Crippen molar-refractivity contribution in [2.24, 2.45) is 0 Å². The molecule has 0 radical (unpaired) electrons. The summed E-state index contributed by atoms with van der Waals surface area (Å²) in [6.07, 6.45) is 4.51. The van der Waals surface area contributed by atoms with Crippen LogP contribution in [0.3, 0.4) is 0 Å². The third-order valence-corrected chi connectivity index (χ3v) is 6.41. The summed E-state index contributed by atoms with van der Waals surface area (Å²) < 4.78 is 30.0. The maximum Gasteiger partial charge on any atom is 0.211 e. The van der Waals surface area contributed by atoms with Crippen molar-refractivity contribution in [3.8, 4) is 17.0 Å². The SMILES string of the molecule is COc1ccc(-c2cc(Nc3ccc(N4CCN(S(C)(=O)=O)CC4)nc3)ncn2)cc1. The number of piperazine rings is 1. The molecular weight excluding hydrogens is 416 g/mol. The number of pyridine rings is 1. The Morgan fingerprint density at radius 3 is 2.32 bits per heavy atom. The van der Waals surface area contributed by atoms with Gasteiger partial charge in [0.15, 0.2) is 0 Å². The largest absolute Gasteiger partial charge is 0.497 e. The lowest BCUT2D eigenvalue weighted by Crippen LogP contribution is -2.48. The molecule has 2 aromatic heterocycles. The molecule has 1 aliphatic heterocycles. The second-order valence-corrected chi connectivity index (χ2v) is 9.18. The van der Waals surface area contributed by atoms with Crippen LogP contribution in [0.15, 0.2) is 55.0 Å². The Morgan fingerprint density at radius 1 is 0.968 bits per heavy atom. The fourth-order valence-corrected chi connectivity index (χ4v) is 4.22. The third-order valence-electron chi connectivity index (χ3n) is 5.10. The Morgan fingerprint density at radius 2 is 1.71 bits per heavy atom. The molecule has 0 atom stereocenters. The zero-order chi connectivity index (χ0) is 21.8. The smallest absolute Gasteiger partial charge is 0.211 e. The van der Waals surface area contributed by atoms with Gasteiger partial charge >= 0.3 is 0 Å². The second kappa shape index (κ2) is 8.86. The van der Waals surface area contributed by atoms with Gasteiger partial charge in [-0.1, -0.05) is 0 Å². The number of hydrogen-bond donors (Lipinski definition) is 1. The predicted octanol–water partition coefficient (Wildman–Crippen LogP) is 2.37. The molecule has 1 N–H and O–H groups in total. The van der Waals surface area contributed by atoms with Gasteiger partial charge in [-0.25, -0.2) is 23.4 Å². The number of sulfonamides is 1. The standard InChI is InChI=1S/C21H24N6O3S/c1-30-18-6-3-16(4-7-18)19-13-20(24-15-23-19)25-17-5-8-21(22-14-17)26-9-11-27(12-10-26)31(2,28)29/h3-8,13-15H,9-12H2,1-2H3,(H,23,24,25). The van der Waals surface area contributed by atoms with E-state index in [9.17, 15) is 8.42 Å². The van der Waals surface area contributed by atoms with Gasteiger partial charge in [0.1, 0.15) is 23.7 Å². The van der Waals surface area contributed by atoms with E-state index < -0.39 is 10.0 Å². The van der Waals surface area contributed by atoms with Crippen molar-refractivity contribution in [1.82, 2.24) is 19.3 Å². The molecule has 0 aliphatic carbocycles. The molecule has 10 heteroatoms. The summed E-state index contributed by atoms with van der Waals surface area (Å²) in [6.45, 7) is 2.17. The first-order valence-corrected chi connectivity index (χ1v) is 11.7. The molecule has 3 aromatic rings. The lowest BCUT2D eigenvalue weighted by molar-refractivity contribution is 0.387. The normalized spacial score (nSPS) is 15.0. The van der Waals surface area contributed by atoms with Crippen molar-refractivity contribution >= 4 is 27.3 Å². The molecular formula is C21H24N6O3S. The highest BCUT2D eigenvalue weighted by molar-refractivity contribution is 7.88. The topological polar surface area (TPSA) is 101 Å². The van der Waals surface area contributed by atoms with Gasteiger partial charge in [-0.15, -0.1) is 0 Å². The van der Waals surface area contributed by atoms with Crippen LogP contribution in [0.2, 0.25) is 0 Å². The Bertz CT molecular complexity index is 1130. The fourth-order valence-electron chi connectivity index (χ4n) is 3.39. The van der Waals surface area contributed by atoms with Crippen molar-refractivity contribution in [2.45, 2.75) is 0 Å². The van der Waals surface area contributed by atoms with E-state index in [-0.39, 0.29) is 0 Å². The Hall–Kier alpha value is -3.24. The van der Waals surface area contributed by atoms with Crippen molar-refractivity contribution in [2.75, 3.05) is 49.8 Å². The summed E-state index contributed by atoms with van der Waals surface area (Å²) in [6, 6.07) is 13.4. The zero-order valence-corrected chi connectivity index (χ0v) is 18.2. The van der Waals surface area contributed by atoms with Crippen LogP contribution >= 0.6 is 0 Å². The van der Waals surface area contributed by atoms with E-state index in [0.717, 1.165) is 28.5 Å². The van der Waals surface area contributed by atoms with Crippen molar-refractivity contribution in [3.05, 3.63) is 55.0 Å². The van der Waals surface area contributed by atoms with Gasteiger partial charge in [0.2, 0.25) is 10.0 Å². The lowest BCUT2D eigenvalue weighted by atomic mass is 10.1. The average molecular weight is 441 g/mol. The Balaban J connectivity index is 1.41. The minimum Gasteiger partial charge on any atom is -0.497 e. The maximum absolute atomic E-state index is 11.7. The maximum atomic E-state index is 11.7. The number of anilines is 3. The number of nitrogens with one attached hydrogen (secondary N) is 1. The molecule has 3 heterocycles. The molecule has 162 valence electrons. The summed E-state index contributed by atoms with van der Waals surface area (Å²) in [5, 5.41) is 3.25. The van der Waals surface area contributed by atoms with Crippen molar-refractivity contribution in [1.29, 1.82) is 0 Å². The number of benzene rings is 1. The first-order chi connectivity index (χ1) is 14.9. The molecule has 1 saturated heterocycles. The van der Waals surface area contributed by atoms with Crippen LogP contribution in [0.5, 0.6) is 5.75 Å². The molecule has 0 spiro atoms. The molecule has 0 unspecified atom stereocenters. The van der Waals surface area contributed by atoms with Gasteiger partial charge in [0.05, 0.1) is 30.9 Å². The number of aromatic nitrogens is 3. The average Bonchev–Trinajstić information content (AvgIpc) is 2.79. The highest BCUT2D eigenvalue weighted by atomic mass is 32.2. The molecule has 9 nitrogen and oxygen atoms in total. The minimum absolute atomic E-state index is 0.468. The highest BCUT2D eigenvalue weighted by Gasteiger charge is 2.23. The number of hydrogen-bond acceptors (Lipinski definition) is 8. The minimum atomic E-state index is -3.14. The highest BCUT2D eigenvalue weighted by Crippen LogP contribution is 2.24. The van der Waals surface area contributed by atoms with Gasteiger partial charge < -0.3 is 15.0 Å². The van der Waals surface area contributed by atoms with E-state index in [1.807, 2.05) is 42.5 Å². The third kappa shape index (κ3) is 5.09. The fraction of sp³-hybridized carbons (Fsp3) is 0.286. The van der Waals surface area contributed by atoms with Crippen LogP contribution in [0, 0.1) is 0 Å². The number of rotatable bonds is 6. The van der Waals surface area contributed by atoms with Crippen LogP contribution in [0.4, 0.5) is 17.3 Å². The van der Waals surface area contributed by atoms with E-state index in [1.165, 1.54) is 16.9 Å². The van der Waals surface area contributed by atoms with Crippen LogP contribution in [0.25, 0.3) is 11.3 Å². The zero-order valence-electron chi connectivity index (χ0n) is 17.4. The van der Waals surface area contributed by atoms with E-state index >= 15 is 0 Å². The first kappa shape index (κ1) is 21.0. The van der Waals surface area contributed by atoms with E-state index in [4.69, 9.17) is 4.74 Å². The molecule has 1 aromatic carbocycles. The van der Waals surface area contributed by atoms with Gasteiger partial charge in [-0.3, -0.25) is 0 Å². The Labute approximate surface area is 181 Å². The summed E-state index contributed by atoms with van der Waals surface area (Å²) in [4.78, 5) is 15.2. The van der Waals surface area contributed by atoms with Gasteiger partial charge in [0, 0.05) is 37.8 Å². The molecule has 0 bridgehead atoms. The number of ether oxygens (including phenoxy) is 1. The molecule has 31 heavy (non-hydrogen) atoms. The predicted molar refractivity (Wildman–Crippen MR) is 120 cm³/mol. The summed E-state index contributed by atoms with van der Waals surface area (Å²) in [5.74, 6) is 2.28. The van der Waals surface area contributed by atoms with Crippen LogP contribution in [-0.2, 0) is 10.0 Å². The van der Waals surface area contributed by atoms with Gasteiger partial charge in [0.25, 0.3) is 0 Å². The van der Waals surface area contributed by atoms with Crippen molar-refractivity contribution in [3.63, 3.8) is 0 Å². The number of nitrogens with zero attached hydrogens (tertiary/aromatic N) is 5. The summed E-state index contributed by atoms with van der Waals surface area (Å²) in [7, 11) is -1.51. The molecule has 0 saturated carbocycles. The summed E-state index contributed by atoms with van der Waals surface area (Å²) in [5.41, 5.74) is 2.57. The molecule has 0 amide bonds. The lowest BCUT2D eigenvalue weighted by Gasteiger charge is -2.34. The quantitative estimate of drug-likeness (QED) is 0.624. The van der Waals surface area contributed by atoms with E-state index in [1.54, 1.807) is 13.3 Å².